The largest absolute Gasteiger partial charge is 0.493 e. The molecule has 0 amide bonds. The van der Waals surface area contributed by atoms with E-state index in [2.05, 4.69) is 0 Å². The number of sulfonamides is 1. The van der Waals surface area contributed by atoms with Crippen molar-refractivity contribution in [3.63, 3.8) is 0 Å². The van der Waals surface area contributed by atoms with E-state index in [0.717, 1.165) is 6.42 Å². The lowest BCUT2D eigenvalue weighted by Gasteiger charge is -2.18. The Morgan fingerprint density at radius 3 is 2.37 bits per heavy atom. The quantitative estimate of drug-likeness (QED) is 0.846. The van der Waals surface area contributed by atoms with Crippen LogP contribution in [0.2, 0.25) is 0 Å². The van der Waals surface area contributed by atoms with Crippen LogP contribution in [0.1, 0.15) is 19.3 Å². The van der Waals surface area contributed by atoms with Crippen molar-refractivity contribution in [2.45, 2.75) is 24.2 Å². The van der Waals surface area contributed by atoms with Crippen molar-refractivity contribution < 1.29 is 13.2 Å². The van der Waals surface area contributed by atoms with Crippen LogP contribution in [0, 0.1) is 11.8 Å². The molecule has 106 valence electrons. The molecule has 0 spiro atoms. The number of primary sulfonamides is 1. The van der Waals surface area contributed by atoms with E-state index in [1.165, 1.54) is 25.0 Å². The number of hydrogen-bond acceptors (Lipinski definition) is 4. The van der Waals surface area contributed by atoms with Gasteiger partial charge in [-0.3, -0.25) is 0 Å². The van der Waals surface area contributed by atoms with E-state index in [4.69, 9.17) is 15.6 Å². The summed E-state index contributed by atoms with van der Waals surface area (Å²) >= 11 is 0. The Kier molecular flexibility index (Phi) is 4.44. The van der Waals surface area contributed by atoms with E-state index >= 15 is 0 Å². The van der Waals surface area contributed by atoms with Crippen LogP contribution >= 0.6 is 0 Å². The SMILES string of the molecule is NCC1CCCC1COc1ccc(S(N)(=O)=O)cc1. The molecular formula is C13H20N2O3S. The van der Waals surface area contributed by atoms with Gasteiger partial charge in [0.2, 0.25) is 10.0 Å². The molecule has 1 fully saturated rings. The molecule has 0 heterocycles. The predicted octanol–water partition coefficient (Wildman–Crippen LogP) is 1.09. The molecule has 6 heteroatoms. The van der Waals surface area contributed by atoms with Crippen LogP contribution in [0.25, 0.3) is 0 Å². The van der Waals surface area contributed by atoms with E-state index in [-0.39, 0.29) is 4.90 Å². The van der Waals surface area contributed by atoms with E-state index < -0.39 is 10.0 Å². The number of nitrogens with two attached hydrogens (primary N) is 2. The molecule has 0 aliphatic heterocycles. The summed E-state index contributed by atoms with van der Waals surface area (Å²) in [5.41, 5.74) is 5.72. The molecule has 1 aromatic rings. The summed E-state index contributed by atoms with van der Waals surface area (Å²) in [5, 5.41) is 5.03. The molecule has 2 unspecified atom stereocenters. The second-order valence-corrected chi connectivity index (χ2v) is 6.58. The van der Waals surface area contributed by atoms with E-state index in [9.17, 15) is 8.42 Å². The van der Waals surface area contributed by atoms with Gasteiger partial charge in [-0.05, 0) is 55.5 Å². The second kappa shape index (κ2) is 5.90. The molecule has 1 saturated carbocycles. The number of rotatable bonds is 5. The predicted molar refractivity (Wildman–Crippen MR) is 73.2 cm³/mol. The molecule has 19 heavy (non-hydrogen) atoms. The molecule has 1 aromatic carbocycles. The Labute approximate surface area is 114 Å². The smallest absolute Gasteiger partial charge is 0.238 e. The van der Waals surface area contributed by atoms with Crippen molar-refractivity contribution in [2.24, 2.45) is 22.7 Å². The molecule has 4 N–H and O–H groups in total. The summed E-state index contributed by atoms with van der Waals surface area (Å²) in [6.07, 6.45) is 3.53. The summed E-state index contributed by atoms with van der Waals surface area (Å²) < 4.78 is 27.9. The van der Waals surface area contributed by atoms with E-state index in [0.29, 0.717) is 30.7 Å². The van der Waals surface area contributed by atoms with E-state index in [1.54, 1.807) is 12.1 Å². The molecule has 2 atom stereocenters. The fraction of sp³-hybridized carbons (Fsp3) is 0.538. The third-order valence-corrected chi connectivity index (χ3v) is 4.66. The third kappa shape index (κ3) is 3.68. The van der Waals surface area contributed by atoms with Crippen LogP contribution in [0.4, 0.5) is 0 Å². The Balaban J connectivity index is 1.93. The van der Waals surface area contributed by atoms with Crippen LogP contribution in [0.5, 0.6) is 5.75 Å². The minimum Gasteiger partial charge on any atom is -0.493 e. The van der Waals surface area contributed by atoms with Gasteiger partial charge in [-0.25, -0.2) is 13.6 Å². The van der Waals surface area contributed by atoms with Crippen molar-refractivity contribution in [3.05, 3.63) is 24.3 Å². The van der Waals surface area contributed by atoms with Crippen molar-refractivity contribution in [1.29, 1.82) is 0 Å². The molecule has 1 aliphatic rings. The number of benzene rings is 1. The van der Waals surface area contributed by atoms with E-state index in [1.807, 2.05) is 0 Å². The minimum absolute atomic E-state index is 0.0977. The van der Waals surface area contributed by atoms with Crippen LogP contribution < -0.4 is 15.6 Å². The van der Waals surface area contributed by atoms with Crippen molar-refractivity contribution in [1.82, 2.24) is 0 Å². The standard InChI is InChI=1S/C13H20N2O3S/c14-8-10-2-1-3-11(10)9-18-12-4-6-13(7-5-12)19(15,16)17/h4-7,10-11H,1-3,8-9,14H2,(H2,15,16,17). The maximum absolute atomic E-state index is 11.1. The normalized spacial score (nSPS) is 23.5. The maximum atomic E-state index is 11.1. The first-order valence-electron chi connectivity index (χ1n) is 6.46. The first-order chi connectivity index (χ1) is 9.00. The lowest BCUT2D eigenvalue weighted by atomic mass is 9.97. The summed E-state index contributed by atoms with van der Waals surface area (Å²) in [6, 6.07) is 6.18. The first-order valence-corrected chi connectivity index (χ1v) is 8.01. The molecule has 0 saturated heterocycles. The zero-order valence-electron chi connectivity index (χ0n) is 10.8. The van der Waals surface area contributed by atoms with Gasteiger partial charge in [-0.2, -0.15) is 0 Å². The Bertz CT molecular complexity index is 513. The third-order valence-electron chi connectivity index (χ3n) is 3.74. The number of hydrogen-bond donors (Lipinski definition) is 2. The van der Waals surface area contributed by atoms with Gasteiger partial charge >= 0.3 is 0 Å². The molecule has 1 aliphatic carbocycles. The van der Waals surface area contributed by atoms with Crippen molar-refractivity contribution in [3.8, 4) is 5.75 Å². The minimum atomic E-state index is -3.63. The monoisotopic (exact) mass is 284 g/mol. The average Bonchev–Trinajstić information content (AvgIpc) is 2.83. The molecule has 2 rings (SSSR count). The van der Waals surface area contributed by atoms with Gasteiger partial charge in [0.25, 0.3) is 0 Å². The fourth-order valence-corrected chi connectivity index (χ4v) is 3.09. The topological polar surface area (TPSA) is 95.4 Å². The van der Waals surface area contributed by atoms with Gasteiger partial charge in [0, 0.05) is 0 Å². The highest BCUT2D eigenvalue weighted by atomic mass is 32.2. The van der Waals surface area contributed by atoms with Gasteiger partial charge in [0.05, 0.1) is 11.5 Å². The highest BCUT2D eigenvalue weighted by Gasteiger charge is 2.26. The summed E-state index contributed by atoms with van der Waals surface area (Å²) in [6.45, 7) is 1.34. The zero-order valence-corrected chi connectivity index (χ0v) is 11.6. The summed E-state index contributed by atoms with van der Waals surface area (Å²) in [7, 11) is -3.63. The lowest BCUT2D eigenvalue weighted by Crippen LogP contribution is -2.23. The Morgan fingerprint density at radius 1 is 1.16 bits per heavy atom. The highest BCUT2D eigenvalue weighted by molar-refractivity contribution is 7.89. The first kappa shape index (κ1) is 14.3. The summed E-state index contributed by atoms with van der Waals surface area (Å²) in [4.78, 5) is 0.0977. The Morgan fingerprint density at radius 2 is 1.79 bits per heavy atom. The van der Waals surface area contributed by atoms with Crippen LogP contribution in [0.15, 0.2) is 29.2 Å². The fourth-order valence-electron chi connectivity index (χ4n) is 2.57. The van der Waals surface area contributed by atoms with Crippen molar-refractivity contribution in [2.75, 3.05) is 13.2 Å². The second-order valence-electron chi connectivity index (χ2n) is 5.01. The lowest BCUT2D eigenvalue weighted by molar-refractivity contribution is 0.217. The molecule has 0 bridgehead atoms. The zero-order chi connectivity index (χ0) is 13.9. The van der Waals surface area contributed by atoms with Gasteiger partial charge in [0.1, 0.15) is 5.75 Å². The average molecular weight is 284 g/mol. The molecule has 0 radical (unpaired) electrons. The molecule has 5 nitrogen and oxygen atoms in total. The maximum Gasteiger partial charge on any atom is 0.238 e. The van der Waals surface area contributed by atoms with Crippen LogP contribution in [-0.2, 0) is 10.0 Å². The van der Waals surface area contributed by atoms with Gasteiger partial charge in [-0.15, -0.1) is 0 Å². The highest BCUT2D eigenvalue weighted by Crippen LogP contribution is 2.31. The van der Waals surface area contributed by atoms with Crippen LogP contribution in [0.3, 0.4) is 0 Å². The van der Waals surface area contributed by atoms with Crippen LogP contribution in [-0.4, -0.2) is 21.6 Å². The van der Waals surface area contributed by atoms with Gasteiger partial charge < -0.3 is 10.5 Å². The van der Waals surface area contributed by atoms with Gasteiger partial charge in [-0.1, -0.05) is 6.42 Å². The number of ether oxygens (including phenoxy) is 1. The van der Waals surface area contributed by atoms with Crippen molar-refractivity contribution >= 4 is 10.0 Å². The van der Waals surface area contributed by atoms with Gasteiger partial charge in [0.15, 0.2) is 0 Å². The molecular weight excluding hydrogens is 264 g/mol. The summed E-state index contributed by atoms with van der Waals surface area (Å²) in [5.74, 6) is 1.71. The molecule has 0 aromatic heterocycles. The Hall–Kier alpha value is -1.11.